The van der Waals surface area contributed by atoms with Gasteiger partial charge in [0, 0.05) is 24.0 Å². The molecule has 31 heavy (non-hydrogen) atoms. The molecule has 0 radical (unpaired) electrons. The summed E-state index contributed by atoms with van der Waals surface area (Å²) in [5.74, 6) is -0.641. The number of rotatable bonds is 6. The van der Waals surface area contributed by atoms with Gasteiger partial charge in [0.2, 0.25) is 0 Å². The summed E-state index contributed by atoms with van der Waals surface area (Å²) in [5, 5.41) is 9.40. The summed E-state index contributed by atoms with van der Waals surface area (Å²) in [7, 11) is 1.87. The van der Waals surface area contributed by atoms with Crippen molar-refractivity contribution < 1.29 is 14.3 Å². The zero-order valence-corrected chi connectivity index (χ0v) is 17.4. The Bertz CT molecular complexity index is 1150. The molecule has 4 rings (SSSR count). The van der Waals surface area contributed by atoms with Gasteiger partial charge in [-0.1, -0.05) is 36.4 Å². The molecule has 0 spiro atoms. The maximum Gasteiger partial charge on any atom is 0.338 e. The van der Waals surface area contributed by atoms with Crippen LogP contribution in [-0.2, 0) is 9.53 Å². The third-order valence-electron chi connectivity index (χ3n) is 5.03. The molecule has 1 aliphatic rings. The highest BCUT2D eigenvalue weighted by Crippen LogP contribution is 2.38. The van der Waals surface area contributed by atoms with Crippen LogP contribution in [0.2, 0.25) is 0 Å². The molecule has 0 atom stereocenters. The highest BCUT2D eigenvalue weighted by molar-refractivity contribution is 6.37. The summed E-state index contributed by atoms with van der Waals surface area (Å²) in [4.78, 5) is 25.1. The number of esters is 1. The van der Waals surface area contributed by atoms with Gasteiger partial charge in [-0.3, -0.25) is 4.79 Å². The predicted octanol–water partition coefficient (Wildman–Crippen LogP) is 4.84. The molecule has 0 aliphatic carbocycles. The third kappa shape index (κ3) is 4.14. The van der Waals surface area contributed by atoms with Crippen LogP contribution in [0.3, 0.4) is 0 Å². The van der Waals surface area contributed by atoms with E-state index in [-0.39, 0.29) is 5.91 Å². The normalized spacial score (nSPS) is 13.8. The van der Waals surface area contributed by atoms with E-state index >= 15 is 0 Å². The van der Waals surface area contributed by atoms with Crippen LogP contribution >= 0.6 is 0 Å². The second-order valence-corrected chi connectivity index (χ2v) is 7.00. The lowest BCUT2D eigenvalue weighted by molar-refractivity contribution is -0.110. The predicted molar refractivity (Wildman–Crippen MR) is 124 cm³/mol. The maximum absolute atomic E-state index is 13.0. The highest BCUT2D eigenvalue weighted by Gasteiger charge is 2.29. The molecule has 3 aromatic carbocycles. The minimum Gasteiger partial charge on any atom is -0.462 e. The number of ether oxygens (including phenoxy) is 1. The highest BCUT2D eigenvalue weighted by atomic mass is 16.5. The molecule has 156 valence electrons. The van der Waals surface area contributed by atoms with Crippen molar-refractivity contribution in [3.63, 3.8) is 0 Å². The zero-order chi connectivity index (χ0) is 21.8. The van der Waals surface area contributed by atoms with E-state index < -0.39 is 5.97 Å². The van der Waals surface area contributed by atoms with Gasteiger partial charge >= 0.3 is 5.97 Å². The van der Waals surface area contributed by atoms with Crippen molar-refractivity contribution >= 4 is 40.2 Å². The number of carbonyl (C=O) groups excluding carboxylic acids is 2. The molecule has 1 amide bonds. The number of amides is 1. The summed E-state index contributed by atoms with van der Waals surface area (Å²) in [6.45, 7) is 2.05. The van der Waals surface area contributed by atoms with E-state index in [9.17, 15) is 9.59 Å². The molecule has 0 bridgehead atoms. The topological polar surface area (TPSA) is 79.5 Å². The second kappa shape index (κ2) is 8.75. The fourth-order valence-electron chi connectivity index (χ4n) is 3.51. The van der Waals surface area contributed by atoms with Crippen molar-refractivity contribution in [2.45, 2.75) is 6.92 Å². The van der Waals surface area contributed by atoms with E-state index in [1.165, 1.54) is 0 Å². The minimum absolute atomic E-state index is 0.228. The van der Waals surface area contributed by atoms with Crippen molar-refractivity contribution in [1.82, 2.24) is 0 Å². The Labute approximate surface area is 180 Å². The van der Waals surface area contributed by atoms with Gasteiger partial charge in [-0.25, -0.2) is 4.79 Å². The number of anilines is 3. The van der Waals surface area contributed by atoms with Crippen LogP contribution in [0.15, 0.2) is 72.8 Å². The molecular weight excluding hydrogens is 390 g/mol. The number of hydrogen-bond donors (Lipinski definition) is 3. The van der Waals surface area contributed by atoms with Gasteiger partial charge < -0.3 is 20.7 Å². The van der Waals surface area contributed by atoms with Crippen molar-refractivity contribution in [1.29, 1.82) is 0 Å². The zero-order valence-electron chi connectivity index (χ0n) is 17.4. The van der Waals surface area contributed by atoms with Gasteiger partial charge in [0.15, 0.2) is 0 Å². The Kier molecular flexibility index (Phi) is 5.71. The largest absolute Gasteiger partial charge is 0.462 e. The number of nitrogens with one attached hydrogen (secondary N) is 3. The van der Waals surface area contributed by atoms with Gasteiger partial charge in [-0.15, -0.1) is 0 Å². The first-order valence-electron chi connectivity index (χ1n) is 10.1. The van der Waals surface area contributed by atoms with Gasteiger partial charge in [0.05, 0.1) is 29.1 Å². The molecule has 6 nitrogen and oxygen atoms in total. The van der Waals surface area contributed by atoms with Gasteiger partial charge in [0.1, 0.15) is 0 Å². The third-order valence-corrected chi connectivity index (χ3v) is 5.03. The van der Waals surface area contributed by atoms with Crippen molar-refractivity contribution in [2.75, 3.05) is 29.6 Å². The van der Waals surface area contributed by atoms with Gasteiger partial charge in [-0.05, 0) is 48.9 Å². The average molecular weight is 413 g/mol. The van der Waals surface area contributed by atoms with Gasteiger partial charge in [-0.2, -0.15) is 0 Å². The fourth-order valence-corrected chi connectivity index (χ4v) is 3.51. The molecule has 0 saturated carbocycles. The van der Waals surface area contributed by atoms with Crippen molar-refractivity contribution in [3.8, 4) is 0 Å². The van der Waals surface area contributed by atoms with E-state index in [0.29, 0.717) is 29.1 Å². The Hall–Kier alpha value is -4.06. The van der Waals surface area contributed by atoms with Crippen molar-refractivity contribution in [2.24, 2.45) is 0 Å². The van der Waals surface area contributed by atoms with Gasteiger partial charge in [0.25, 0.3) is 5.91 Å². The molecule has 1 aliphatic heterocycles. The lowest BCUT2D eigenvalue weighted by Crippen LogP contribution is -2.10. The molecule has 0 aromatic heterocycles. The molecule has 3 aromatic rings. The monoisotopic (exact) mass is 413 g/mol. The van der Waals surface area contributed by atoms with Crippen LogP contribution < -0.4 is 16.0 Å². The first kappa shape index (κ1) is 20.2. The molecular formula is C25H23N3O3. The number of fused-ring (bicyclic) bond motifs is 1. The molecule has 0 fully saturated rings. The average Bonchev–Trinajstić information content (AvgIpc) is 3.13. The minimum atomic E-state index is -0.414. The van der Waals surface area contributed by atoms with E-state index in [1.807, 2.05) is 61.6 Å². The van der Waals surface area contributed by atoms with Crippen LogP contribution in [0.1, 0.15) is 28.4 Å². The summed E-state index contributed by atoms with van der Waals surface area (Å²) < 4.78 is 5.07. The van der Waals surface area contributed by atoms with Crippen molar-refractivity contribution in [3.05, 3.63) is 89.5 Å². The standard InChI is InChI=1S/C25H23N3O3/c1-3-31-25(30)17-9-14-20-21(15-17)28-24(29)22(20)23(16-7-5-4-6-8-16)27-19-12-10-18(26-2)11-13-19/h4-15,26-27H,3H2,1-2H3,(H,28,29)/b23-22-. The summed E-state index contributed by atoms with van der Waals surface area (Å²) in [6, 6.07) is 22.6. The first-order chi connectivity index (χ1) is 15.1. The van der Waals surface area contributed by atoms with Crippen LogP contribution in [0.25, 0.3) is 11.3 Å². The lowest BCUT2D eigenvalue weighted by Gasteiger charge is -2.15. The summed E-state index contributed by atoms with van der Waals surface area (Å²) >= 11 is 0. The van der Waals surface area contributed by atoms with E-state index in [2.05, 4.69) is 16.0 Å². The Morgan fingerprint density at radius 3 is 2.32 bits per heavy atom. The van der Waals surface area contributed by atoms with Crippen LogP contribution in [0.4, 0.5) is 17.1 Å². The fraction of sp³-hybridized carbons (Fsp3) is 0.120. The number of benzene rings is 3. The van der Waals surface area contributed by atoms with E-state index in [4.69, 9.17) is 4.74 Å². The quantitative estimate of drug-likeness (QED) is 0.398. The second-order valence-electron chi connectivity index (χ2n) is 7.00. The number of carbonyl (C=O) groups is 2. The molecule has 1 heterocycles. The Balaban J connectivity index is 1.81. The molecule has 0 unspecified atom stereocenters. The lowest BCUT2D eigenvalue weighted by atomic mass is 9.99. The SMILES string of the molecule is CCOC(=O)c1ccc2c(c1)NC(=O)/C2=C(\Nc1ccc(NC)cc1)c1ccccc1. The van der Waals surface area contributed by atoms with E-state index in [1.54, 1.807) is 25.1 Å². The number of hydrogen-bond acceptors (Lipinski definition) is 5. The molecule has 6 heteroatoms. The van der Waals surface area contributed by atoms with Crippen LogP contribution in [0, 0.1) is 0 Å². The summed E-state index contributed by atoms with van der Waals surface area (Å²) in [5.41, 5.74) is 5.67. The molecule has 0 saturated heterocycles. The maximum atomic E-state index is 13.0. The first-order valence-corrected chi connectivity index (χ1v) is 10.1. The Morgan fingerprint density at radius 2 is 1.65 bits per heavy atom. The smallest absolute Gasteiger partial charge is 0.338 e. The van der Waals surface area contributed by atoms with Crippen LogP contribution in [-0.4, -0.2) is 25.5 Å². The summed E-state index contributed by atoms with van der Waals surface area (Å²) in [6.07, 6.45) is 0. The van der Waals surface area contributed by atoms with E-state index in [0.717, 1.165) is 22.5 Å². The Morgan fingerprint density at radius 1 is 0.935 bits per heavy atom. The molecule has 3 N–H and O–H groups in total. The van der Waals surface area contributed by atoms with Crippen LogP contribution in [0.5, 0.6) is 0 Å².